The van der Waals surface area contributed by atoms with Gasteiger partial charge in [-0.3, -0.25) is 0 Å². The van der Waals surface area contributed by atoms with Crippen LogP contribution in [-0.4, -0.2) is 20.8 Å². The van der Waals surface area contributed by atoms with Gasteiger partial charge in [0, 0.05) is 24.3 Å². The van der Waals surface area contributed by atoms with Crippen LogP contribution in [0.2, 0.25) is 0 Å². The zero-order chi connectivity index (χ0) is 13.2. The minimum absolute atomic E-state index is 0.478. The van der Waals surface area contributed by atoms with Crippen LogP contribution in [0.5, 0.6) is 0 Å². The molecule has 0 saturated carbocycles. The number of nitrogens with one attached hydrogen (secondary N) is 1. The Bertz CT molecular complexity index is 650. The summed E-state index contributed by atoms with van der Waals surface area (Å²) in [5.74, 6) is 0. The average molecular weight is 272 g/mol. The summed E-state index contributed by atoms with van der Waals surface area (Å²) in [7, 11) is 0. The summed E-state index contributed by atoms with van der Waals surface area (Å²) in [5.41, 5.74) is 2.20. The van der Waals surface area contributed by atoms with Crippen molar-refractivity contribution in [2.45, 2.75) is 26.4 Å². The number of hydrogen-bond donors (Lipinski definition) is 1. The van der Waals surface area contributed by atoms with Gasteiger partial charge < -0.3 is 5.32 Å². The van der Waals surface area contributed by atoms with Crippen molar-refractivity contribution in [2.24, 2.45) is 0 Å². The van der Waals surface area contributed by atoms with Gasteiger partial charge >= 0.3 is 0 Å². The maximum Gasteiger partial charge on any atom is 0.211 e. The summed E-state index contributed by atoms with van der Waals surface area (Å²) < 4.78 is 3.04. The average Bonchev–Trinajstić information content (AvgIpc) is 3.02. The summed E-state index contributed by atoms with van der Waals surface area (Å²) in [6.45, 7) is 5.11. The SMILES string of the molecule is CC(C)NCc1cnn(-c2nc3ccccc3s2)c1. The summed E-state index contributed by atoms with van der Waals surface area (Å²) in [4.78, 5) is 4.59. The van der Waals surface area contributed by atoms with Crippen LogP contribution in [0.1, 0.15) is 19.4 Å². The highest BCUT2D eigenvalue weighted by molar-refractivity contribution is 7.20. The Morgan fingerprint density at radius 2 is 2.16 bits per heavy atom. The molecule has 5 heteroatoms. The van der Waals surface area contributed by atoms with Gasteiger partial charge in [-0.05, 0) is 12.1 Å². The number of rotatable bonds is 4. The van der Waals surface area contributed by atoms with Crippen LogP contribution in [0, 0.1) is 0 Å². The van der Waals surface area contributed by atoms with Crippen LogP contribution in [-0.2, 0) is 6.54 Å². The number of benzene rings is 1. The van der Waals surface area contributed by atoms with Crippen LogP contribution in [0.4, 0.5) is 0 Å². The maximum atomic E-state index is 4.59. The highest BCUT2D eigenvalue weighted by Crippen LogP contribution is 2.24. The van der Waals surface area contributed by atoms with E-state index in [-0.39, 0.29) is 0 Å². The normalized spacial score (nSPS) is 11.5. The summed E-state index contributed by atoms with van der Waals surface area (Å²) in [6, 6.07) is 8.63. The fraction of sp³-hybridized carbons (Fsp3) is 0.286. The molecule has 4 nitrogen and oxygen atoms in total. The fourth-order valence-electron chi connectivity index (χ4n) is 1.84. The van der Waals surface area contributed by atoms with Crippen LogP contribution in [0.25, 0.3) is 15.3 Å². The zero-order valence-corrected chi connectivity index (χ0v) is 11.8. The second kappa shape index (κ2) is 5.11. The summed E-state index contributed by atoms with van der Waals surface area (Å²) in [5, 5.41) is 8.68. The number of thiazole rings is 1. The molecule has 0 saturated heterocycles. The molecular weight excluding hydrogens is 256 g/mol. The van der Waals surface area contributed by atoms with E-state index in [0.29, 0.717) is 6.04 Å². The zero-order valence-electron chi connectivity index (χ0n) is 11.0. The molecule has 3 rings (SSSR count). The van der Waals surface area contributed by atoms with Crippen molar-refractivity contribution in [2.75, 3.05) is 0 Å². The van der Waals surface area contributed by atoms with Crippen molar-refractivity contribution in [3.63, 3.8) is 0 Å². The molecule has 0 spiro atoms. The molecule has 19 heavy (non-hydrogen) atoms. The van der Waals surface area contributed by atoms with Crippen molar-refractivity contribution in [3.05, 3.63) is 42.2 Å². The number of fused-ring (bicyclic) bond motifs is 1. The monoisotopic (exact) mass is 272 g/mol. The third-order valence-electron chi connectivity index (χ3n) is 2.83. The topological polar surface area (TPSA) is 42.7 Å². The van der Waals surface area contributed by atoms with Gasteiger partial charge in [0.15, 0.2) is 0 Å². The summed E-state index contributed by atoms with van der Waals surface area (Å²) in [6.07, 6.45) is 3.93. The van der Waals surface area contributed by atoms with E-state index in [1.165, 1.54) is 10.3 Å². The van der Waals surface area contributed by atoms with E-state index in [9.17, 15) is 0 Å². The molecule has 0 aliphatic heterocycles. The lowest BCUT2D eigenvalue weighted by Crippen LogP contribution is -2.21. The molecule has 2 aromatic heterocycles. The lowest BCUT2D eigenvalue weighted by Gasteiger charge is -2.04. The van der Waals surface area contributed by atoms with E-state index in [4.69, 9.17) is 0 Å². The molecule has 0 aliphatic carbocycles. The number of hydrogen-bond acceptors (Lipinski definition) is 4. The molecule has 98 valence electrons. The molecule has 0 amide bonds. The van der Waals surface area contributed by atoms with Crippen molar-refractivity contribution in [1.82, 2.24) is 20.1 Å². The molecule has 1 aromatic carbocycles. The predicted molar refractivity (Wildman–Crippen MR) is 78.7 cm³/mol. The van der Waals surface area contributed by atoms with E-state index in [1.54, 1.807) is 11.3 Å². The van der Waals surface area contributed by atoms with Crippen molar-refractivity contribution < 1.29 is 0 Å². The first-order valence-corrected chi connectivity index (χ1v) is 7.17. The minimum atomic E-state index is 0.478. The third-order valence-corrected chi connectivity index (χ3v) is 3.86. The van der Waals surface area contributed by atoms with E-state index < -0.39 is 0 Å². The fourth-order valence-corrected chi connectivity index (χ4v) is 2.73. The van der Waals surface area contributed by atoms with Gasteiger partial charge in [0.1, 0.15) is 0 Å². The Kier molecular flexibility index (Phi) is 3.31. The van der Waals surface area contributed by atoms with E-state index in [1.807, 2.05) is 35.3 Å². The smallest absolute Gasteiger partial charge is 0.211 e. The lowest BCUT2D eigenvalue weighted by molar-refractivity contribution is 0.589. The Balaban J connectivity index is 1.85. The van der Waals surface area contributed by atoms with E-state index >= 15 is 0 Å². The lowest BCUT2D eigenvalue weighted by atomic mass is 10.3. The number of nitrogens with zero attached hydrogens (tertiary/aromatic N) is 3. The Labute approximate surface area is 116 Å². The van der Waals surface area contributed by atoms with Crippen molar-refractivity contribution in [1.29, 1.82) is 0 Å². The molecule has 1 N–H and O–H groups in total. The first kappa shape index (κ1) is 12.3. The largest absolute Gasteiger partial charge is 0.310 e. The van der Waals surface area contributed by atoms with Gasteiger partial charge in [-0.15, -0.1) is 0 Å². The first-order chi connectivity index (χ1) is 9.22. The quantitative estimate of drug-likeness (QED) is 0.794. The van der Waals surface area contributed by atoms with E-state index in [0.717, 1.165) is 17.2 Å². The Morgan fingerprint density at radius 3 is 2.95 bits per heavy atom. The Hall–Kier alpha value is -1.72. The molecule has 0 radical (unpaired) electrons. The van der Waals surface area contributed by atoms with Crippen LogP contribution in [0.15, 0.2) is 36.7 Å². The van der Waals surface area contributed by atoms with Crippen LogP contribution in [0.3, 0.4) is 0 Å². The second-order valence-electron chi connectivity index (χ2n) is 4.79. The van der Waals surface area contributed by atoms with E-state index in [2.05, 4.69) is 35.3 Å². The second-order valence-corrected chi connectivity index (χ2v) is 5.80. The molecule has 0 aliphatic rings. The van der Waals surface area contributed by atoms with Gasteiger partial charge in [-0.2, -0.15) is 5.10 Å². The standard InChI is InChI=1S/C14H16N4S/c1-10(2)15-7-11-8-16-18(9-11)14-17-12-5-3-4-6-13(12)19-14/h3-6,8-10,15H,7H2,1-2H3. The summed E-state index contributed by atoms with van der Waals surface area (Å²) >= 11 is 1.66. The molecule has 0 fully saturated rings. The van der Waals surface area contributed by atoms with Crippen LogP contribution < -0.4 is 5.32 Å². The van der Waals surface area contributed by atoms with Gasteiger partial charge in [0.2, 0.25) is 5.13 Å². The number of para-hydroxylation sites is 1. The maximum absolute atomic E-state index is 4.59. The van der Waals surface area contributed by atoms with Gasteiger partial charge in [0.05, 0.1) is 16.4 Å². The highest BCUT2D eigenvalue weighted by atomic mass is 32.1. The predicted octanol–water partition coefficient (Wildman–Crippen LogP) is 2.98. The molecule has 2 heterocycles. The third kappa shape index (κ3) is 2.67. The molecule has 0 atom stereocenters. The van der Waals surface area contributed by atoms with Crippen molar-refractivity contribution in [3.8, 4) is 5.13 Å². The van der Waals surface area contributed by atoms with Crippen molar-refractivity contribution >= 4 is 21.6 Å². The van der Waals surface area contributed by atoms with Gasteiger partial charge in [-0.1, -0.05) is 37.3 Å². The molecule has 0 unspecified atom stereocenters. The van der Waals surface area contributed by atoms with Crippen LogP contribution >= 0.6 is 11.3 Å². The molecular formula is C14H16N4S. The minimum Gasteiger partial charge on any atom is -0.310 e. The number of aromatic nitrogens is 3. The Morgan fingerprint density at radius 1 is 1.32 bits per heavy atom. The molecule has 0 bridgehead atoms. The van der Waals surface area contributed by atoms with Gasteiger partial charge in [0.25, 0.3) is 0 Å². The highest BCUT2D eigenvalue weighted by Gasteiger charge is 2.07. The first-order valence-electron chi connectivity index (χ1n) is 6.35. The molecule has 3 aromatic rings. The van der Waals surface area contributed by atoms with Gasteiger partial charge in [-0.25, -0.2) is 9.67 Å².